The Kier molecular flexibility index (Phi) is 3.56. The van der Waals surface area contributed by atoms with Gasteiger partial charge in [0, 0.05) is 17.8 Å². The summed E-state index contributed by atoms with van der Waals surface area (Å²) < 4.78 is 0. The molecule has 1 saturated carbocycles. The number of benzene rings is 1. The first-order valence-electron chi connectivity index (χ1n) is 7.11. The van der Waals surface area contributed by atoms with Gasteiger partial charge in [-0.05, 0) is 38.3 Å². The molecule has 1 amide bonds. The van der Waals surface area contributed by atoms with E-state index in [-0.39, 0.29) is 5.91 Å². The fourth-order valence-corrected chi connectivity index (χ4v) is 2.09. The first-order valence-corrected chi connectivity index (χ1v) is 7.11. The molecule has 0 unspecified atom stereocenters. The predicted octanol–water partition coefficient (Wildman–Crippen LogP) is 2.73. The van der Waals surface area contributed by atoms with Gasteiger partial charge >= 0.3 is 0 Å². The van der Waals surface area contributed by atoms with E-state index in [0.717, 1.165) is 24.1 Å². The fraction of sp³-hybridized carbons (Fsp3) is 0.312. The molecule has 0 aliphatic heterocycles. The minimum Gasteiger partial charge on any atom is -0.348 e. The SMILES string of the molecule is Cc1nc(Nc2ccccc2C)cc(C(=O)NC2CC2)n1. The Morgan fingerprint density at radius 2 is 1.95 bits per heavy atom. The summed E-state index contributed by atoms with van der Waals surface area (Å²) in [6, 6.07) is 9.97. The van der Waals surface area contributed by atoms with Crippen LogP contribution in [0.2, 0.25) is 0 Å². The number of hydrogen-bond donors (Lipinski definition) is 2. The molecule has 0 saturated heterocycles. The summed E-state index contributed by atoms with van der Waals surface area (Å²) in [7, 11) is 0. The molecule has 1 aromatic heterocycles. The second-order valence-corrected chi connectivity index (χ2v) is 5.37. The minimum absolute atomic E-state index is 0.129. The molecule has 2 N–H and O–H groups in total. The summed E-state index contributed by atoms with van der Waals surface area (Å²) in [4.78, 5) is 20.7. The zero-order valence-electron chi connectivity index (χ0n) is 12.2. The maximum absolute atomic E-state index is 12.1. The van der Waals surface area contributed by atoms with E-state index in [4.69, 9.17) is 0 Å². The van der Waals surface area contributed by atoms with Gasteiger partial charge in [0.15, 0.2) is 0 Å². The molecule has 1 heterocycles. The third-order valence-electron chi connectivity index (χ3n) is 3.39. The second-order valence-electron chi connectivity index (χ2n) is 5.37. The lowest BCUT2D eigenvalue weighted by Crippen LogP contribution is -2.26. The fourth-order valence-electron chi connectivity index (χ4n) is 2.09. The van der Waals surface area contributed by atoms with Gasteiger partial charge in [0.2, 0.25) is 0 Å². The Morgan fingerprint density at radius 1 is 1.19 bits per heavy atom. The number of nitrogens with zero attached hydrogens (tertiary/aromatic N) is 2. The van der Waals surface area contributed by atoms with Crippen LogP contribution in [0.5, 0.6) is 0 Å². The first-order chi connectivity index (χ1) is 10.1. The number of carbonyl (C=O) groups excluding carboxylic acids is 1. The van der Waals surface area contributed by atoms with Crippen LogP contribution in [0.4, 0.5) is 11.5 Å². The monoisotopic (exact) mass is 282 g/mol. The Hall–Kier alpha value is -2.43. The molecule has 5 heteroatoms. The van der Waals surface area contributed by atoms with Crippen molar-refractivity contribution in [3.8, 4) is 0 Å². The molecule has 0 spiro atoms. The van der Waals surface area contributed by atoms with Crippen LogP contribution in [-0.4, -0.2) is 21.9 Å². The number of amides is 1. The predicted molar refractivity (Wildman–Crippen MR) is 81.7 cm³/mol. The van der Waals surface area contributed by atoms with Gasteiger partial charge in [0.05, 0.1) is 0 Å². The smallest absolute Gasteiger partial charge is 0.270 e. The standard InChI is InChI=1S/C16H18N4O/c1-10-5-3-4-6-13(10)20-15-9-14(17-11(2)18-15)16(21)19-12-7-8-12/h3-6,9,12H,7-8H2,1-2H3,(H,19,21)(H,17,18,20). The second kappa shape index (κ2) is 5.52. The van der Waals surface area contributed by atoms with Crippen molar-refractivity contribution in [3.05, 3.63) is 47.4 Å². The van der Waals surface area contributed by atoms with Crippen molar-refractivity contribution in [2.24, 2.45) is 0 Å². The highest BCUT2D eigenvalue weighted by Gasteiger charge is 2.24. The molecule has 3 rings (SSSR count). The molecule has 1 aliphatic rings. The van der Waals surface area contributed by atoms with Crippen molar-refractivity contribution in [1.29, 1.82) is 0 Å². The van der Waals surface area contributed by atoms with E-state index in [2.05, 4.69) is 20.6 Å². The van der Waals surface area contributed by atoms with Crippen molar-refractivity contribution in [2.45, 2.75) is 32.7 Å². The molecule has 108 valence electrons. The highest BCUT2D eigenvalue weighted by atomic mass is 16.2. The van der Waals surface area contributed by atoms with Crippen LogP contribution < -0.4 is 10.6 Å². The van der Waals surface area contributed by atoms with E-state index >= 15 is 0 Å². The van der Waals surface area contributed by atoms with E-state index in [1.54, 1.807) is 13.0 Å². The van der Waals surface area contributed by atoms with Crippen LogP contribution in [-0.2, 0) is 0 Å². The maximum atomic E-state index is 12.1. The van der Waals surface area contributed by atoms with Crippen LogP contribution in [0.25, 0.3) is 0 Å². The van der Waals surface area contributed by atoms with Crippen molar-refractivity contribution in [1.82, 2.24) is 15.3 Å². The average molecular weight is 282 g/mol. The zero-order valence-corrected chi connectivity index (χ0v) is 12.2. The Morgan fingerprint density at radius 3 is 2.67 bits per heavy atom. The molecule has 0 radical (unpaired) electrons. The van der Waals surface area contributed by atoms with Gasteiger partial charge in [-0.2, -0.15) is 0 Å². The number of aromatic nitrogens is 2. The van der Waals surface area contributed by atoms with Gasteiger partial charge in [-0.15, -0.1) is 0 Å². The van der Waals surface area contributed by atoms with Crippen LogP contribution >= 0.6 is 0 Å². The van der Waals surface area contributed by atoms with E-state index in [1.165, 1.54) is 0 Å². The number of carbonyl (C=O) groups is 1. The highest BCUT2D eigenvalue weighted by Crippen LogP contribution is 2.21. The van der Waals surface area contributed by atoms with Gasteiger partial charge in [-0.25, -0.2) is 9.97 Å². The van der Waals surface area contributed by atoms with Crippen LogP contribution in [0.1, 0.15) is 34.7 Å². The summed E-state index contributed by atoms with van der Waals surface area (Å²) in [6.45, 7) is 3.81. The largest absolute Gasteiger partial charge is 0.348 e. The molecule has 1 aliphatic carbocycles. The summed E-state index contributed by atoms with van der Waals surface area (Å²) in [5.41, 5.74) is 2.51. The summed E-state index contributed by atoms with van der Waals surface area (Å²) >= 11 is 0. The number of hydrogen-bond acceptors (Lipinski definition) is 4. The number of nitrogens with one attached hydrogen (secondary N) is 2. The van der Waals surface area contributed by atoms with Crippen LogP contribution in [0.15, 0.2) is 30.3 Å². The van der Waals surface area contributed by atoms with Gasteiger partial charge in [0.1, 0.15) is 17.3 Å². The van der Waals surface area contributed by atoms with E-state index in [0.29, 0.717) is 23.4 Å². The number of rotatable bonds is 4. The Bertz CT molecular complexity index is 680. The average Bonchev–Trinajstić information content (AvgIpc) is 3.25. The summed E-state index contributed by atoms with van der Waals surface area (Å²) in [5, 5.41) is 6.19. The number of anilines is 2. The molecule has 1 aromatic carbocycles. The van der Waals surface area contributed by atoms with Crippen molar-refractivity contribution in [3.63, 3.8) is 0 Å². The van der Waals surface area contributed by atoms with E-state index in [9.17, 15) is 4.79 Å². The Balaban J connectivity index is 1.83. The summed E-state index contributed by atoms with van der Waals surface area (Å²) in [5.74, 6) is 1.09. The molecular formula is C16H18N4O. The molecule has 1 fully saturated rings. The third-order valence-corrected chi connectivity index (χ3v) is 3.39. The maximum Gasteiger partial charge on any atom is 0.270 e. The molecule has 0 bridgehead atoms. The van der Waals surface area contributed by atoms with Crippen LogP contribution in [0.3, 0.4) is 0 Å². The molecule has 0 atom stereocenters. The molecule has 2 aromatic rings. The van der Waals surface area contributed by atoms with Crippen molar-refractivity contribution in [2.75, 3.05) is 5.32 Å². The van der Waals surface area contributed by atoms with Gasteiger partial charge in [0.25, 0.3) is 5.91 Å². The minimum atomic E-state index is -0.129. The molecule has 5 nitrogen and oxygen atoms in total. The topological polar surface area (TPSA) is 66.9 Å². The highest BCUT2D eigenvalue weighted by molar-refractivity contribution is 5.93. The number of aryl methyl sites for hydroxylation is 2. The molecule has 21 heavy (non-hydrogen) atoms. The van der Waals surface area contributed by atoms with Gasteiger partial charge in [-0.1, -0.05) is 18.2 Å². The lowest BCUT2D eigenvalue weighted by atomic mass is 10.2. The van der Waals surface area contributed by atoms with Crippen LogP contribution in [0, 0.1) is 13.8 Å². The van der Waals surface area contributed by atoms with Crippen molar-refractivity contribution < 1.29 is 4.79 Å². The number of para-hydroxylation sites is 1. The van der Waals surface area contributed by atoms with Gasteiger partial charge < -0.3 is 10.6 Å². The third kappa shape index (κ3) is 3.37. The summed E-state index contributed by atoms with van der Waals surface area (Å²) in [6.07, 6.45) is 2.12. The lowest BCUT2D eigenvalue weighted by Gasteiger charge is -2.10. The first kappa shape index (κ1) is 13.5. The van der Waals surface area contributed by atoms with E-state index < -0.39 is 0 Å². The van der Waals surface area contributed by atoms with Crippen molar-refractivity contribution >= 4 is 17.4 Å². The van der Waals surface area contributed by atoms with E-state index in [1.807, 2.05) is 31.2 Å². The zero-order chi connectivity index (χ0) is 14.8. The van der Waals surface area contributed by atoms with Gasteiger partial charge in [-0.3, -0.25) is 4.79 Å². The quantitative estimate of drug-likeness (QED) is 0.905. The normalized spacial score (nSPS) is 13.8. The molecular weight excluding hydrogens is 264 g/mol. The Labute approximate surface area is 123 Å². The lowest BCUT2D eigenvalue weighted by molar-refractivity contribution is 0.0945.